The summed E-state index contributed by atoms with van der Waals surface area (Å²) in [5.74, 6) is 2.10. The highest BCUT2D eigenvalue weighted by atomic mass is 32.2. The molecule has 0 aliphatic heterocycles. The van der Waals surface area contributed by atoms with Crippen LogP contribution in [0.5, 0.6) is 17.4 Å². The van der Waals surface area contributed by atoms with Crippen LogP contribution in [0.4, 0.5) is 0 Å². The summed E-state index contributed by atoms with van der Waals surface area (Å²) in [7, 11) is 1.64. The third-order valence-electron chi connectivity index (χ3n) is 3.67. The van der Waals surface area contributed by atoms with Crippen molar-refractivity contribution in [3.8, 4) is 17.4 Å². The molecule has 0 radical (unpaired) electrons. The van der Waals surface area contributed by atoms with Crippen molar-refractivity contribution in [1.29, 1.82) is 0 Å². The van der Waals surface area contributed by atoms with Crippen LogP contribution in [0.1, 0.15) is 12.8 Å². The quantitative estimate of drug-likeness (QED) is 0.681. The van der Waals surface area contributed by atoms with E-state index < -0.39 is 0 Å². The molecular formula is C18H16N2O2S. The summed E-state index contributed by atoms with van der Waals surface area (Å²) in [6.07, 6.45) is 4.17. The molecule has 1 aliphatic rings. The summed E-state index contributed by atoms with van der Waals surface area (Å²) < 4.78 is 11.2. The van der Waals surface area contributed by atoms with Crippen molar-refractivity contribution in [1.82, 2.24) is 9.97 Å². The zero-order chi connectivity index (χ0) is 15.6. The Bertz CT molecular complexity index is 832. The van der Waals surface area contributed by atoms with E-state index in [0.717, 1.165) is 27.7 Å². The third kappa shape index (κ3) is 3.24. The summed E-state index contributed by atoms with van der Waals surface area (Å²) in [6.45, 7) is 0. The number of ether oxygens (including phenoxy) is 2. The molecule has 116 valence electrons. The van der Waals surface area contributed by atoms with Gasteiger partial charge in [0.2, 0.25) is 5.88 Å². The number of hydrogen-bond acceptors (Lipinski definition) is 5. The fourth-order valence-electron chi connectivity index (χ4n) is 2.30. The Morgan fingerprint density at radius 3 is 2.52 bits per heavy atom. The number of methoxy groups -OCH3 is 1. The third-order valence-corrected chi connectivity index (χ3v) is 5.02. The summed E-state index contributed by atoms with van der Waals surface area (Å²) >= 11 is 1.94. The smallest absolute Gasteiger partial charge is 0.230 e. The molecule has 1 saturated carbocycles. The molecule has 0 amide bonds. The lowest BCUT2D eigenvalue weighted by Gasteiger charge is -2.09. The van der Waals surface area contributed by atoms with E-state index in [1.165, 1.54) is 24.1 Å². The molecule has 0 N–H and O–H groups in total. The van der Waals surface area contributed by atoms with Gasteiger partial charge in [-0.25, -0.2) is 9.97 Å². The number of hydrogen-bond donors (Lipinski definition) is 0. The van der Waals surface area contributed by atoms with Gasteiger partial charge in [0.15, 0.2) is 0 Å². The molecule has 0 atom stereocenters. The molecule has 0 spiro atoms. The van der Waals surface area contributed by atoms with E-state index in [4.69, 9.17) is 9.47 Å². The van der Waals surface area contributed by atoms with E-state index in [0.29, 0.717) is 5.88 Å². The lowest BCUT2D eigenvalue weighted by atomic mass is 10.2. The van der Waals surface area contributed by atoms with Crippen LogP contribution in [0.25, 0.3) is 10.9 Å². The van der Waals surface area contributed by atoms with Crippen LogP contribution in [0.15, 0.2) is 53.7 Å². The number of benzene rings is 2. The molecule has 1 fully saturated rings. The van der Waals surface area contributed by atoms with Crippen molar-refractivity contribution < 1.29 is 9.47 Å². The normalized spacial score (nSPS) is 14.0. The highest BCUT2D eigenvalue weighted by molar-refractivity contribution is 8.00. The maximum atomic E-state index is 5.94. The van der Waals surface area contributed by atoms with E-state index >= 15 is 0 Å². The van der Waals surface area contributed by atoms with Gasteiger partial charge >= 0.3 is 0 Å². The number of rotatable bonds is 5. The summed E-state index contributed by atoms with van der Waals surface area (Å²) in [5, 5.41) is 1.67. The Kier molecular flexibility index (Phi) is 3.79. The molecule has 0 saturated heterocycles. The number of nitrogens with zero attached hydrogens (tertiary/aromatic N) is 2. The molecule has 0 bridgehead atoms. The Balaban J connectivity index is 1.59. The van der Waals surface area contributed by atoms with Crippen LogP contribution in [0.3, 0.4) is 0 Å². The van der Waals surface area contributed by atoms with Crippen LogP contribution in [0, 0.1) is 0 Å². The summed E-state index contributed by atoms with van der Waals surface area (Å²) in [6, 6.07) is 13.9. The second-order valence-corrected chi connectivity index (χ2v) is 6.83. The molecule has 1 heterocycles. The van der Waals surface area contributed by atoms with Crippen LogP contribution >= 0.6 is 11.8 Å². The first-order chi connectivity index (χ1) is 11.3. The van der Waals surface area contributed by atoms with Crippen molar-refractivity contribution in [2.45, 2.75) is 23.0 Å². The average molecular weight is 324 g/mol. The minimum absolute atomic E-state index is 0.556. The van der Waals surface area contributed by atoms with Gasteiger partial charge < -0.3 is 9.47 Å². The molecule has 1 aromatic heterocycles. The number of thioether (sulfide) groups is 1. The van der Waals surface area contributed by atoms with E-state index in [9.17, 15) is 0 Å². The Morgan fingerprint density at radius 2 is 1.78 bits per heavy atom. The molecule has 4 rings (SSSR count). The standard InChI is InChI=1S/C18H16N2O2S/c1-21-13-4-9-16-17(10-13)19-11-20-18(16)22-12-2-5-14(6-3-12)23-15-7-8-15/h2-6,9-11,15H,7-8H2,1H3. The highest BCUT2D eigenvalue weighted by Gasteiger charge is 2.22. The fraction of sp³-hybridized carbons (Fsp3) is 0.222. The number of aromatic nitrogens is 2. The minimum atomic E-state index is 0.556. The van der Waals surface area contributed by atoms with Gasteiger partial charge in [0, 0.05) is 16.2 Å². The van der Waals surface area contributed by atoms with E-state index in [1.54, 1.807) is 7.11 Å². The molecular weight excluding hydrogens is 308 g/mol. The molecule has 3 aromatic rings. The minimum Gasteiger partial charge on any atom is -0.497 e. The van der Waals surface area contributed by atoms with E-state index in [2.05, 4.69) is 22.1 Å². The first-order valence-corrected chi connectivity index (χ1v) is 8.43. The Morgan fingerprint density at radius 1 is 1.00 bits per heavy atom. The zero-order valence-electron chi connectivity index (χ0n) is 12.7. The Hall–Kier alpha value is -2.27. The largest absolute Gasteiger partial charge is 0.497 e. The van der Waals surface area contributed by atoms with Gasteiger partial charge in [0.05, 0.1) is 18.0 Å². The predicted octanol–water partition coefficient (Wildman–Crippen LogP) is 4.69. The zero-order valence-corrected chi connectivity index (χ0v) is 13.5. The van der Waals surface area contributed by atoms with Crippen molar-refractivity contribution in [3.05, 3.63) is 48.8 Å². The van der Waals surface area contributed by atoms with Crippen molar-refractivity contribution in [2.75, 3.05) is 7.11 Å². The molecule has 4 nitrogen and oxygen atoms in total. The van der Waals surface area contributed by atoms with Crippen LogP contribution in [-0.4, -0.2) is 22.3 Å². The van der Waals surface area contributed by atoms with Crippen LogP contribution in [0.2, 0.25) is 0 Å². The number of fused-ring (bicyclic) bond motifs is 1. The predicted molar refractivity (Wildman–Crippen MR) is 91.5 cm³/mol. The maximum Gasteiger partial charge on any atom is 0.230 e. The van der Waals surface area contributed by atoms with Crippen LogP contribution in [-0.2, 0) is 0 Å². The molecule has 5 heteroatoms. The van der Waals surface area contributed by atoms with Gasteiger partial charge in [-0.05, 0) is 49.2 Å². The lowest BCUT2D eigenvalue weighted by molar-refractivity contribution is 0.415. The second kappa shape index (κ2) is 6.08. The summed E-state index contributed by atoms with van der Waals surface area (Å²) in [5.41, 5.74) is 0.801. The SMILES string of the molecule is COc1ccc2c(Oc3ccc(SC4CC4)cc3)ncnc2c1. The van der Waals surface area contributed by atoms with Gasteiger partial charge in [-0.15, -0.1) is 11.8 Å². The van der Waals surface area contributed by atoms with Gasteiger partial charge in [0.25, 0.3) is 0 Å². The Labute approximate surface area is 138 Å². The average Bonchev–Trinajstić information content (AvgIpc) is 3.40. The van der Waals surface area contributed by atoms with Crippen molar-refractivity contribution in [3.63, 3.8) is 0 Å². The fourth-order valence-corrected chi connectivity index (χ4v) is 3.35. The topological polar surface area (TPSA) is 44.2 Å². The lowest BCUT2D eigenvalue weighted by Crippen LogP contribution is -1.92. The summed E-state index contributed by atoms with van der Waals surface area (Å²) in [4.78, 5) is 9.82. The second-order valence-electron chi connectivity index (χ2n) is 5.45. The van der Waals surface area contributed by atoms with E-state index in [1.807, 2.05) is 42.1 Å². The highest BCUT2D eigenvalue weighted by Crippen LogP contribution is 2.39. The monoisotopic (exact) mass is 324 g/mol. The van der Waals surface area contributed by atoms with Gasteiger partial charge in [-0.3, -0.25) is 0 Å². The van der Waals surface area contributed by atoms with Crippen LogP contribution < -0.4 is 9.47 Å². The molecule has 0 unspecified atom stereocenters. The molecule has 23 heavy (non-hydrogen) atoms. The van der Waals surface area contributed by atoms with Crippen molar-refractivity contribution in [2.24, 2.45) is 0 Å². The van der Waals surface area contributed by atoms with Gasteiger partial charge in [0.1, 0.15) is 17.8 Å². The maximum absolute atomic E-state index is 5.94. The first kappa shape index (κ1) is 14.3. The molecule has 1 aliphatic carbocycles. The van der Waals surface area contributed by atoms with Gasteiger partial charge in [-0.1, -0.05) is 0 Å². The first-order valence-electron chi connectivity index (χ1n) is 7.55. The molecule has 2 aromatic carbocycles. The van der Waals surface area contributed by atoms with E-state index in [-0.39, 0.29) is 0 Å². The van der Waals surface area contributed by atoms with Gasteiger partial charge in [-0.2, -0.15) is 0 Å². The van der Waals surface area contributed by atoms with Crippen molar-refractivity contribution >= 4 is 22.7 Å².